The third-order valence-electron chi connectivity index (χ3n) is 3.66. The first-order valence-electron chi connectivity index (χ1n) is 8.08. The Bertz CT molecular complexity index is 934. The number of amides is 2. The highest BCUT2D eigenvalue weighted by molar-refractivity contribution is 7.11. The monoisotopic (exact) mass is 379 g/mol. The highest BCUT2D eigenvalue weighted by atomic mass is 32.1. The lowest BCUT2D eigenvalue weighted by Gasteiger charge is -2.07. The molecule has 0 atom stereocenters. The maximum Gasteiger partial charge on any atom is 0.271 e. The fourth-order valence-corrected chi connectivity index (χ4v) is 2.82. The minimum Gasteiger partial charge on any atom is -0.497 e. The molecule has 2 N–H and O–H groups in total. The molecule has 0 saturated carbocycles. The summed E-state index contributed by atoms with van der Waals surface area (Å²) in [6, 6.07) is 17.2. The number of ether oxygens (including phenoxy) is 1. The zero-order valence-electron chi connectivity index (χ0n) is 14.5. The summed E-state index contributed by atoms with van der Waals surface area (Å²) in [5, 5.41) is 8.64. The van der Waals surface area contributed by atoms with Crippen molar-refractivity contribution in [1.82, 2.24) is 5.43 Å². The first-order chi connectivity index (χ1) is 13.2. The Hall–Kier alpha value is -3.45. The van der Waals surface area contributed by atoms with Crippen LogP contribution in [-0.4, -0.2) is 25.1 Å². The van der Waals surface area contributed by atoms with Crippen molar-refractivity contribution in [3.8, 4) is 5.75 Å². The van der Waals surface area contributed by atoms with Crippen molar-refractivity contribution in [2.24, 2.45) is 5.10 Å². The summed E-state index contributed by atoms with van der Waals surface area (Å²) in [5.74, 6) is 0.120. The van der Waals surface area contributed by atoms with E-state index in [1.807, 2.05) is 17.5 Å². The van der Waals surface area contributed by atoms with Crippen LogP contribution < -0.4 is 15.5 Å². The number of hydrogen-bond acceptors (Lipinski definition) is 5. The molecule has 1 aromatic heterocycles. The number of benzene rings is 2. The number of thiophene rings is 1. The molecular weight excluding hydrogens is 362 g/mol. The number of anilines is 1. The summed E-state index contributed by atoms with van der Waals surface area (Å²) < 4.78 is 5.07. The van der Waals surface area contributed by atoms with Gasteiger partial charge in [0.05, 0.1) is 13.3 Å². The third kappa shape index (κ3) is 5.02. The maximum atomic E-state index is 12.2. The molecule has 0 spiro atoms. The first-order valence-corrected chi connectivity index (χ1v) is 8.96. The van der Waals surface area contributed by atoms with Gasteiger partial charge in [0.25, 0.3) is 11.8 Å². The molecule has 27 heavy (non-hydrogen) atoms. The quantitative estimate of drug-likeness (QED) is 0.505. The lowest BCUT2D eigenvalue weighted by molar-refractivity contribution is 0.0954. The van der Waals surface area contributed by atoms with E-state index < -0.39 is 0 Å². The van der Waals surface area contributed by atoms with E-state index >= 15 is 0 Å². The van der Waals surface area contributed by atoms with E-state index in [2.05, 4.69) is 15.8 Å². The van der Waals surface area contributed by atoms with E-state index in [4.69, 9.17) is 4.74 Å². The third-order valence-corrected chi connectivity index (χ3v) is 4.47. The minimum atomic E-state index is -0.323. The second-order valence-corrected chi connectivity index (χ2v) is 6.45. The summed E-state index contributed by atoms with van der Waals surface area (Å²) in [7, 11) is 1.57. The number of rotatable bonds is 6. The van der Waals surface area contributed by atoms with Gasteiger partial charge >= 0.3 is 0 Å². The number of methoxy groups -OCH3 is 1. The smallest absolute Gasteiger partial charge is 0.271 e. The molecule has 0 saturated heterocycles. The molecule has 0 aliphatic heterocycles. The Kier molecular flexibility index (Phi) is 5.96. The molecule has 0 fully saturated rings. The van der Waals surface area contributed by atoms with Crippen LogP contribution in [-0.2, 0) is 0 Å². The molecule has 3 rings (SSSR count). The predicted octanol–water partition coefficient (Wildman–Crippen LogP) is 3.77. The molecule has 3 aromatic rings. The fourth-order valence-electron chi connectivity index (χ4n) is 2.23. The van der Waals surface area contributed by atoms with Crippen LogP contribution in [0.25, 0.3) is 0 Å². The van der Waals surface area contributed by atoms with Crippen molar-refractivity contribution < 1.29 is 14.3 Å². The normalized spacial score (nSPS) is 10.6. The van der Waals surface area contributed by atoms with Crippen molar-refractivity contribution in [3.05, 3.63) is 82.0 Å². The van der Waals surface area contributed by atoms with E-state index in [0.717, 1.165) is 4.88 Å². The number of carbonyl (C=O) groups is 2. The molecule has 0 aliphatic carbocycles. The van der Waals surface area contributed by atoms with Gasteiger partial charge in [-0.2, -0.15) is 5.10 Å². The van der Waals surface area contributed by atoms with Gasteiger partial charge in [-0.25, -0.2) is 5.43 Å². The maximum absolute atomic E-state index is 12.2. The Labute approximate surface area is 160 Å². The highest BCUT2D eigenvalue weighted by Crippen LogP contribution is 2.14. The van der Waals surface area contributed by atoms with Crippen LogP contribution in [0.15, 0.2) is 71.1 Å². The molecule has 0 aliphatic rings. The summed E-state index contributed by atoms with van der Waals surface area (Å²) in [5.41, 5.74) is 4.02. The molecule has 0 radical (unpaired) electrons. The topological polar surface area (TPSA) is 79.8 Å². The van der Waals surface area contributed by atoms with Crippen molar-refractivity contribution in [1.29, 1.82) is 0 Å². The molecule has 136 valence electrons. The van der Waals surface area contributed by atoms with Gasteiger partial charge in [0.1, 0.15) is 5.75 Å². The SMILES string of the molecule is COc1ccc(C(=O)Nc2ccc(C(=O)N/N=C\c3cccs3)cc2)cc1. The zero-order valence-corrected chi connectivity index (χ0v) is 15.3. The van der Waals surface area contributed by atoms with E-state index in [-0.39, 0.29) is 11.8 Å². The van der Waals surface area contributed by atoms with Crippen molar-refractivity contribution in [3.63, 3.8) is 0 Å². The van der Waals surface area contributed by atoms with E-state index in [1.54, 1.807) is 61.9 Å². The van der Waals surface area contributed by atoms with Gasteiger partial charge in [0.2, 0.25) is 0 Å². The van der Waals surface area contributed by atoms with Gasteiger partial charge in [0.15, 0.2) is 0 Å². The number of hydrazone groups is 1. The van der Waals surface area contributed by atoms with Crippen LogP contribution in [0.2, 0.25) is 0 Å². The lowest BCUT2D eigenvalue weighted by atomic mass is 10.1. The van der Waals surface area contributed by atoms with Crippen LogP contribution in [0, 0.1) is 0 Å². The second-order valence-electron chi connectivity index (χ2n) is 5.47. The van der Waals surface area contributed by atoms with Crippen molar-refractivity contribution in [2.45, 2.75) is 0 Å². The van der Waals surface area contributed by atoms with Gasteiger partial charge in [-0.05, 0) is 60.0 Å². The van der Waals surface area contributed by atoms with Crippen molar-refractivity contribution in [2.75, 3.05) is 12.4 Å². The zero-order chi connectivity index (χ0) is 19.1. The predicted molar refractivity (Wildman–Crippen MR) is 107 cm³/mol. The lowest BCUT2D eigenvalue weighted by Crippen LogP contribution is -2.17. The summed E-state index contributed by atoms with van der Waals surface area (Å²) in [6.07, 6.45) is 1.59. The van der Waals surface area contributed by atoms with Gasteiger partial charge in [0, 0.05) is 21.7 Å². The first kappa shape index (κ1) is 18.3. The Morgan fingerprint density at radius 2 is 1.63 bits per heavy atom. The van der Waals surface area contributed by atoms with Crippen LogP contribution >= 0.6 is 11.3 Å². The molecule has 2 aromatic carbocycles. The number of hydrogen-bond donors (Lipinski definition) is 2. The Morgan fingerprint density at radius 1 is 0.963 bits per heavy atom. The largest absolute Gasteiger partial charge is 0.497 e. The standard InChI is InChI=1S/C20H17N3O3S/c1-26-17-10-6-14(7-11-17)19(24)22-16-8-4-15(5-9-16)20(25)23-21-13-18-3-2-12-27-18/h2-13H,1H3,(H,22,24)(H,23,25)/b21-13-. The van der Waals surface area contributed by atoms with Crippen LogP contribution in [0.1, 0.15) is 25.6 Å². The Morgan fingerprint density at radius 3 is 2.26 bits per heavy atom. The summed E-state index contributed by atoms with van der Waals surface area (Å²) in [4.78, 5) is 25.3. The van der Waals surface area contributed by atoms with Gasteiger partial charge in [-0.15, -0.1) is 11.3 Å². The minimum absolute atomic E-state index is 0.240. The second kappa shape index (κ2) is 8.77. The molecule has 6 nitrogen and oxygen atoms in total. The highest BCUT2D eigenvalue weighted by Gasteiger charge is 2.08. The van der Waals surface area contributed by atoms with Crippen molar-refractivity contribution >= 4 is 35.1 Å². The molecule has 7 heteroatoms. The van der Waals surface area contributed by atoms with Gasteiger partial charge in [-0.3, -0.25) is 9.59 Å². The number of nitrogens with one attached hydrogen (secondary N) is 2. The van der Waals surface area contributed by atoms with Crippen LogP contribution in [0.5, 0.6) is 5.75 Å². The molecule has 1 heterocycles. The van der Waals surface area contributed by atoms with E-state index in [9.17, 15) is 9.59 Å². The van der Waals surface area contributed by atoms with Gasteiger partial charge in [-0.1, -0.05) is 6.07 Å². The number of carbonyl (C=O) groups excluding carboxylic acids is 2. The van der Waals surface area contributed by atoms with E-state index in [0.29, 0.717) is 22.6 Å². The Balaban J connectivity index is 1.57. The van der Waals surface area contributed by atoms with Crippen LogP contribution in [0.3, 0.4) is 0 Å². The van der Waals surface area contributed by atoms with Crippen LogP contribution in [0.4, 0.5) is 5.69 Å². The molecule has 0 bridgehead atoms. The molecule has 2 amide bonds. The molecular formula is C20H17N3O3S. The van der Waals surface area contributed by atoms with E-state index in [1.165, 1.54) is 11.3 Å². The number of nitrogens with zero attached hydrogens (tertiary/aromatic N) is 1. The summed E-state index contributed by atoms with van der Waals surface area (Å²) in [6.45, 7) is 0. The fraction of sp³-hybridized carbons (Fsp3) is 0.0500. The molecule has 0 unspecified atom stereocenters. The average molecular weight is 379 g/mol. The average Bonchev–Trinajstić information content (AvgIpc) is 3.22. The van der Waals surface area contributed by atoms with Gasteiger partial charge < -0.3 is 10.1 Å². The summed E-state index contributed by atoms with van der Waals surface area (Å²) >= 11 is 1.53.